The molecule has 0 atom stereocenters. The standard InChI is InChI=1S/C12H10F2N2O4/c1-2-19-5-10-15-11(20-16-10)6-3-8(13)9(14)4-7(6)12(17)18/h3-4H,2,5H2,1H3,(H,17,18). The van der Waals surface area contributed by atoms with Gasteiger partial charge in [-0.05, 0) is 19.1 Å². The van der Waals surface area contributed by atoms with Gasteiger partial charge in [-0.2, -0.15) is 4.98 Å². The summed E-state index contributed by atoms with van der Waals surface area (Å²) in [6.07, 6.45) is 0. The van der Waals surface area contributed by atoms with Crippen LogP contribution < -0.4 is 0 Å². The Balaban J connectivity index is 2.43. The Morgan fingerprint density at radius 2 is 2.10 bits per heavy atom. The molecule has 8 heteroatoms. The monoisotopic (exact) mass is 284 g/mol. The zero-order valence-electron chi connectivity index (χ0n) is 10.4. The smallest absolute Gasteiger partial charge is 0.336 e. The summed E-state index contributed by atoms with van der Waals surface area (Å²) in [5.41, 5.74) is -0.651. The van der Waals surface area contributed by atoms with Crippen molar-refractivity contribution < 1.29 is 27.9 Å². The van der Waals surface area contributed by atoms with Crippen LogP contribution in [0.15, 0.2) is 16.7 Å². The molecule has 106 valence electrons. The molecule has 6 nitrogen and oxygen atoms in total. The molecule has 2 rings (SSSR count). The number of aromatic carboxylic acids is 1. The van der Waals surface area contributed by atoms with Gasteiger partial charge in [-0.15, -0.1) is 0 Å². The normalized spacial score (nSPS) is 10.8. The minimum Gasteiger partial charge on any atom is -0.478 e. The fraction of sp³-hybridized carbons (Fsp3) is 0.250. The van der Waals surface area contributed by atoms with Gasteiger partial charge in [0.05, 0.1) is 11.1 Å². The van der Waals surface area contributed by atoms with Crippen molar-refractivity contribution in [2.75, 3.05) is 6.61 Å². The van der Waals surface area contributed by atoms with E-state index in [1.165, 1.54) is 0 Å². The predicted octanol–water partition coefficient (Wildman–Crippen LogP) is 2.25. The molecule has 1 aromatic heterocycles. The number of rotatable bonds is 5. The van der Waals surface area contributed by atoms with Gasteiger partial charge in [-0.3, -0.25) is 0 Å². The lowest BCUT2D eigenvalue weighted by molar-refractivity contribution is 0.0696. The van der Waals surface area contributed by atoms with Crippen molar-refractivity contribution >= 4 is 5.97 Å². The lowest BCUT2D eigenvalue weighted by atomic mass is 10.1. The first kappa shape index (κ1) is 14.1. The van der Waals surface area contributed by atoms with E-state index in [0.29, 0.717) is 18.7 Å². The molecule has 0 aliphatic rings. The highest BCUT2D eigenvalue weighted by molar-refractivity contribution is 5.94. The lowest BCUT2D eigenvalue weighted by Crippen LogP contribution is -2.02. The van der Waals surface area contributed by atoms with E-state index < -0.39 is 23.2 Å². The molecule has 0 radical (unpaired) electrons. The maximum absolute atomic E-state index is 13.2. The van der Waals surface area contributed by atoms with Crippen LogP contribution in [0.5, 0.6) is 0 Å². The first-order valence-corrected chi connectivity index (χ1v) is 5.66. The van der Waals surface area contributed by atoms with Crippen LogP contribution >= 0.6 is 0 Å². The first-order valence-electron chi connectivity index (χ1n) is 5.66. The molecule has 0 saturated carbocycles. The van der Waals surface area contributed by atoms with Crippen LogP contribution in [-0.2, 0) is 11.3 Å². The number of hydrogen-bond acceptors (Lipinski definition) is 5. The van der Waals surface area contributed by atoms with E-state index in [0.717, 1.165) is 0 Å². The van der Waals surface area contributed by atoms with Gasteiger partial charge in [0.25, 0.3) is 5.89 Å². The van der Waals surface area contributed by atoms with Crippen LogP contribution in [0.3, 0.4) is 0 Å². The van der Waals surface area contributed by atoms with E-state index in [1.54, 1.807) is 6.92 Å². The van der Waals surface area contributed by atoms with Crippen LogP contribution in [0.1, 0.15) is 23.1 Å². The quantitative estimate of drug-likeness (QED) is 0.906. The van der Waals surface area contributed by atoms with Gasteiger partial charge in [0, 0.05) is 6.61 Å². The van der Waals surface area contributed by atoms with E-state index in [2.05, 4.69) is 10.1 Å². The summed E-state index contributed by atoms with van der Waals surface area (Å²) < 4.78 is 36.2. The maximum atomic E-state index is 13.2. The van der Waals surface area contributed by atoms with Crippen molar-refractivity contribution in [1.29, 1.82) is 0 Å². The Kier molecular flexibility index (Phi) is 4.04. The Hall–Kier alpha value is -2.35. The fourth-order valence-corrected chi connectivity index (χ4v) is 1.52. The third-order valence-corrected chi connectivity index (χ3v) is 2.42. The summed E-state index contributed by atoms with van der Waals surface area (Å²) in [4.78, 5) is 14.9. The van der Waals surface area contributed by atoms with Gasteiger partial charge < -0.3 is 14.4 Å². The van der Waals surface area contributed by atoms with Gasteiger partial charge >= 0.3 is 5.97 Å². The highest BCUT2D eigenvalue weighted by Crippen LogP contribution is 2.25. The molecule has 0 spiro atoms. The second-order valence-electron chi connectivity index (χ2n) is 3.77. The number of nitrogens with zero attached hydrogens (tertiary/aromatic N) is 2. The second kappa shape index (κ2) is 5.74. The van der Waals surface area contributed by atoms with Crippen LogP contribution in [-0.4, -0.2) is 27.8 Å². The Morgan fingerprint density at radius 3 is 2.75 bits per heavy atom. The van der Waals surface area contributed by atoms with Crippen molar-refractivity contribution in [1.82, 2.24) is 10.1 Å². The third kappa shape index (κ3) is 2.80. The Labute approximate surface area is 112 Å². The van der Waals surface area contributed by atoms with Crippen molar-refractivity contribution in [2.45, 2.75) is 13.5 Å². The number of halogens is 2. The Morgan fingerprint density at radius 1 is 1.40 bits per heavy atom. The molecule has 0 amide bonds. The average molecular weight is 284 g/mol. The molecule has 20 heavy (non-hydrogen) atoms. The van der Waals surface area contributed by atoms with Gasteiger partial charge in [0.2, 0.25) is 0 Å². The molecule has 1 heterocycles. The zero-order valence-corrected chi connectivity index (χ0v) is 10.4. The third-order valence-electron chi connectivity index (χ3n) is 2.42. The average Bonchev–Trinajstić information content (AvgIpc) is 2.87. The van der Waals surface area contributed by atoms with Crippen LogP contribution in [0, 0.1) is 11.6 Å². The highest BCUT2D eigenvalue weighted by atomic mass is 19.2. The van der Waals surface area contributed by atoms with Gasteiger partial charge in [-0.1, -0.05) is 5.16 Å². The number of ether oxygens (including phenoxy) is 1. The van der Waals surface area contributed by atoms with Crippen molar-refractivity contribution in [3.8, 4) is 11.5 Å². The molecule has 0 bridgehead atoms. The molecule has 0 fully saturated rings. The predicted molar refractivity (Wildman–Crippen MR) is 61.9 cm³/mol. The summed E-state index contributed by atoms with van der Waals surface area (Å²) in [6.45, 7) is 2.29. The summed E-state index contributed by atoms with van der Waals surface area (Å²) >= 11 is 0. The van der Waals surface area contributed by atoms with E-state index >= 15 is 0 Å². The molecule has 2 aromatic rings. The molecular formula is C12H10F2N2O4. The SMILES string of the molecule is CCOCc1noc(-c2cc(F)c(F)cc2C(=O)O)n1. The number of carbonyl (C=O) groups is 1. The minimum atomic E-state index is -1.43. The van der Waals surface area contributed by atoms with Crippen LogP contribution in [0.4, 0.5) is 8.78 Å². The molecule has 0 saturated heterocycles. The molecule has 0 unspecified atom stereocenters. The maximum Gasteiger partial charge on any atom is 0.336 e. The molecule has 1 N–H and O–H groups in total. The largest absolute Gasteiger partial charge is 0.478 e. The van der Waals surface area contributed by atoms with E-state index in [-0.39, 0.29) is 23.9 Å². The minimum absolute atomic E-state index is 0.0755. The number of carboxylic acids is 1. The molecular weight excluding hydrogens is 274 g/mol. The number of carboxylic acid groups (broad SMARTS) is 1. The molecule has 0 aliphatic heterocycles. The second-order valence-corrected chi connectivity index (χ2v) is 3.77. The van der Waals surface area contributed by atoms with Crippen LogP contribution in [0.2, 0.25) is 0 Å². The van der Waals surface area contributed by atoms with E-state index in [1.807, 2.05) is 0 Å². The Bertz CT molecular complexity index is 642. The molecule has 0 aliphatic carbocycles. The summed E-state index contributed by atoms with van der Waals surface area (Å²) in [5, 5.41) is 12.5. The van der Waals surface area contributed by atoms with Crippen LogP contribution in [0.25, 0.3) is 11.5 Å². The van der Waals surface area contributed by atoms with E-state index in [9.17, 15) is 13.6 Å². The van der Waals surface area contributed by atoms with Crippen molar-refractivity contribution in [3.05, 3.63) is 35.2 Å². The number of hydrogen-bond donors (Lipinski definition) is 1. The topological polar surface area (TPSA) is 85.5 Å². The number of aromatic nitrogens is 2. The molecule has 1 aromatic carbocycles. The number of benzene rings is 1. The fourth-order valence-electron chi connectivity index (χ4n) is 1.52. The van der Waals surface area contributed by atoms with E-state index in [4.69, 9.17) is 14.4 Å². The highest BCUT2D eigenvalue weighted by Gasteiger charge is 2.21. The summed E-state index contributed by atoms with van der Waals surface area (Å²) in [6, 6.07) is 1.27. The first-order chi connectivity index (χ1) is 9.52. The summed E-state index contributed by atoms with van der Waals surface area (Å²) in [5.74, 6) is -3.92. The lowest BCUT2D eigenvalue weighted by Gasteiger charge is -2.02. The summed E-state index contributed by atoms with van der Waals surface area (Å²) in [7, 11) is 0. The van der Waals surface area contributed by atoms with Crippen molar-refractivity contribution in [2.24, 2.45) is 0 Å². The van der Waals surface area contributed by atoms with Crippen molar-refractivity contribution in [3.63, 3.8) is 0 Å². The van der Waals surface area contributed by atoms with Gasteiger partial charge in [-0.25, -0.2) is 13.6 Å². The van der Waals surface area contributed by atoms with Gasteiger partial charge in [0.15, 0.2) is 17.5 Å². The van der Waals surface area contributed by atoms with Gasteiger partial charge in [0.1, 0.15) is 6.61 Å². The zero-order chi connectivity index (χ0) is 14.7.